The van der Waals surface area contributed by atoms with Gasteiger partial charge >= 0.3 is 0 Å². The van der Waals surface area contributed by atoms with Gasteiger partial charge in [-0.25, -0.2) is 0 Å². The normalized spacial score (nSPS) is 14.0. The van der Waals surface area contributed by atoms with Crippen LogP contribution in [0.3, 0.4) is 0 Å². The molecule has 1 heteroatoms. The van der Waals surface area contributed by atoms with Crippen LogP contribution in [0.5, 0.6) is 0 Å². The van der Waals surface area contributed by atoms with Gasteiger partial charge in [-0.15, -0.1) is 0 Å². The molecule has 0 fully saturated rings. The Morgan fingerprint density at radius 2 is 0.957 bits per heavy atom. The number of hydrogen-bond acceptors (Lipinski definition) is 1. The third-order valence-electron chi connectivity index (χ3n) is 10.5. The van der Waals surface area contributed by atoms with Crippen LogP contribution in [0.1, 0.15) is 25.0 Å². The molecule has 0 unspecified atom stereocenters. The van der Waals surface area contributed by atoms with Crippen molar-refractivity contribution in [3.63, 3.8) is 0 Å². The minimum absolute atomic E-state index is 0.0444. The first-order valence-corrected chi connectivity index (χ1v) is 16.9. The highest BCUT2D eigenvalue weighted by molar-refractivity contribution is 7.99. The minimum atomic E-state index is -0.0444. The molecule has 0 amide bonds. The molecule has 1 heterocycles. The van der Waals surface area contributed by atoms with E-state index in [2.05, 4.69) is 159 Å². The van der Waals surface area contributed by atoms with Crippen molar-refractivity contribution in [2.24, 2.45) is 0 Å². The van der Waals surface area contributed by atoms with Gasteiger partial charge in [-0.05, 0) is 101 Å². The lowest BCUT2D eigenvalue weighted by molar-refractivity contribution is 0.660. The fraction of sp³-hybridized carbons (Fsp3) is 0.0667. The van der Waals surface area contributed by atoms with Gasteiger partial charge in [-0.2, -0.15) is 0 Å². The van der Waals surface area contributed by atoms with Crippen LogP contribution in [-0.2, 0) is 5.41 Å². The van der Waals surface area contributed by atoms with Crippen molar-refractivity contribution in [3.05, 3.63) is 157 Å². The van der Waals surface area contributed by atoms with E-state index in [1.165, 1.54) is 97.7 Å². The standard InChI is InChI=1S/C45H30S/c1-45(2)38-19-8-7-13-30(38)31-23-21-28(25-39(31)45)42-34-14-3-5-16-36(34)43(37-17-6-4-15-35(37)42)29-22-24-32-33-18-9-11-27-12-10-20-40(44(27)33)46-41(32)26-29/h3-26H,1-2H3. The van der Waals surface area contributed by atoms with Crippen LogP contribution < -0.4 is 0 Å². The van der Waals surface area contributed by atoms with E-state index in [-0.39, 0.29) is 5.41 Å². The zero-order valence-electron chi connectivity index (χ0n) is 25.8. The first-order valence-electron chi connectivity index (χ1n) is 16.1. The summed E-state index contributed by atoms with van der Waals surface area (Å²) < 4.78 is 0. The summed E-state index contributed by atoms with van der Waals surface area (Å²) in [5.41, 5.74) is 13.3. The van der Waals surface area contributed by atoms with E-state index in [4.69, 9.17) is 0 Å². The molecule has 10 rings (SSSR count). The van der Waals surface area contributed by atoms with Gasteiger partial charge in [0.1, 0.15) is 0 Å². The fourth-order valence-electron chi connectivity index (χ4n) is 8.33. The summed E-state index contributed by atoms with van der Waals surface area (Å²) in [6.45, 7) is 4.74. The maximum absolute atomic E-state index is 2.47. The van der Waals surface area contributed by atoms with Crippen molar-refractivity contribution >= 4 is 44.1 Å². The second-order valence-electron chi connectivity index (χ2n) is 13.2. The van der Waals surface area contributed by atoms with Crippen molar-refractivity contribution in [2.75, 3.05) is 0 Å². The van der Waals surface area contributed by atoms with Gasteiger partial charge in [0.15, 0.2) is 0 Å². The fourth-order valence-corrected chi connectivity index (χ4v) is 9.52. The van der Waals surface area contributed by atoms with Crippen LogP contribution in [0, 0.1) is 0 Å². The molecule has 0 radical (unpaired) electrons. The lowest BCUT2D eigenvalue weighted by Crippen LogP contribution is -2.14. The smallest absolute Gasteiger partial charge is 0.0207 e. The average molecular weight is 603 g/mol. The molecular weight excluding hydrogens is 573 g/mol. The lowest BCUT2D eigenvalue weighted by atomic mass is 9.80. The molecule has 1 aliphatic heterocycles. The largest absolute Gasteiger partial charge is 0.0888 e. The van der Waals surface area contributed by atoms with Crippen molar-refractivity contribution in [3.8, 4) is 44.5 Å². The van der Waals surface area contributed by atoms with E-state index < -0.39 is 0 Å². The molecule has 0 saturated heterocycles. The van der Waals surface area contributed by atoms with Crippen LogP contribution in [0.15, 0.2) is 155 Å². The average Bonchev–Trinajstić information content (AvgIpc) is 3.33. The molecule has 2 aliphatic rings. The Morgan fingerprint density at radius 1 is 0.413 bits per heavy atom. The molecule has 8 aromatic carbocycles. The molecule has 8 aromatic rings. The SMILES string of the molecule is CC1(C)c2ccccc2-c2ccc(-c3c4ccccc4c(-c4ccc5c(c4)Sc4cccc6cccc-5c46)c4ccccc34)cc21. The maximum atomic E-state index is 2.47. The summed E-state index contributed by atoms with van der Waals surface area (Å²) >= 11 is 1.90. The molecule has 0 bridgehead atoms. The van der Waals surface area contributed by atoms with E-state index in [1.54, 1.807) is 0 Å². The second kappa shape index (κ2) is 9.45. The van der Waals surface area contributed by atoms with Gasteiger partial charge in [0, 0.05) is 20.6 Å². The highest BCUT2D eigenvalue weighted by Crippen LogP contribution is 2.53. The number of benzene rings is 8. The summed E-state index contributed by atoms with van der Waals surface area (Å²) in [6.07, 6.45) is 0. The predicted molar refractivity (Wildman–Crippen MR) is 197 cm³/mol. The Hall–Kier alpha value is -5.11. The van der Waals surface area contributed by atoms with E-state index in [1.807, 2.05) is 11.8 Å². The molecular formula is C45H30S. The van der Waals surface area contributed by atoms with E-state index >= 15 is 0 Å². The van der Waals surface area contributed by atoms with Crippen molar-refractivity contribution in [1.29, 1.82) is 0 Å². The van der Waals surface area contributed by atoms with Crippen LogP contribution in [-0.4, -0.2) is 0 Å². The van der Waals surface area contributed by atoms with Gasteiger partial charge < -0.3 is 0 Å². The molecule has 0 N–H and O–H groups in total. The highest BCUT2D eigenvalue weighted by Gasteiger charge is 2.35. The van der Waals surface area contributed by atoms with Gasteiger partial charge in [-0.1, -0.05) is 153 Å². The Kier molecular flexibility index (Phi) is 5.37. The quantitative estimate of drug-likeness (QED) is 0.177. The Bertz CT molecular complexity index is 2520. The summed E-state index contributed by atoms with van der Waals surface area (Å²) in [6, 6.07) is 54.6. The molecule has 216 valence electrons. The Morgan fingerprint density at radius 3 is 1.65 bits per heavy atom. The van der Waals surface area contributed by atoms with E-state index in [0.29, 0.717) is 0 Å². The first kappa shape index (κ1) is 26.1. The molecule has 0 atom stereocenters. The number of fused-ring (bicyclic) bond motifs is 7. The zero-order chi connectivity index (χ0) is 30.6. The summed E-state index contributed by atoms with van der Waals surface area (Å²) in [4.78, 5) is 2.66. The zero-order valence-corrected chi connectivity index (χ0v) is 26.6. The van der Waals surface area contributed by atoms with Crippen LogP contribution in [0.2, 0.25) is 0 Å². The van der Waals surface area contributed by atoms with Gasteiger partial charge in [-0.3, -0.25) is 0 Å². The maximum Gasteiger partial charge on any atom is 0.0207 e. The van der Waals surface area contributed by atoms with E-state index in [0.717, 1.165) is 0 Å². The van der Waals surface area contributed by atoms with Crippen molar-refractivity contribution in [2.45, 2.75) is 29.1 Å². The molecule has 0 saturated carbocycles. The topological polar surface area (TPSA) is 0 Å². The summed E-state index contributed by atoms with van der Waals surface area (Å²) in [7, 11) is 0. The highest BCUT2D eigenvalue weighted by atomic mass is 32.2. The molecule has 46 heavy (non-hydrogen) atoms. The first-order chi connectivity index (χ1) is 22.6. The van der Waals surface area contributed by atoms with Crippen molar-refractivity contribution < 1.29 is 0 Å². The predicted octanol–water partition coefficient (Wildman–Crippen LogP) is 12.9. The van der Waals surface area contributed by atoms with Gasteiger partial charge in [0.2, 0.25) is 0 Å². The van der Waals surface area contributed by atoms with Gasteiger partial charge in [0.05, 0.1) is 0 Å². The van der Waals surface area contributed by atoms with Crippen LogP contribution in [0.25, 0.3) is 76.8 Å². The number of hydrogen-bond donors (Lipinski definition) is 0. The van der Waals surface area contributed by atoms with Crippen molar-refractivity contribution in [1.82, 2.24) is 0 Å². The minimum Gasteiger partial charge on any atom is -0.0888 e. The monoisotopic (exact) mass is 602 g/mol. The number of rotatable bonds is 2. The van der Waals surface area contributed by atoms with Crippen LogP contribution in [0.4, 0.5) is 0 Å². The Balaban J connectivity index is 1.21. The summed E-state index contributed by atoms with van der Waals surface area (Å²) in [5.74, 6) is 0. The third-order valence-corrected chi connectivity index (χ3v) is 11.6. The second-order valence-corrected chi connectivity index (χ2v) is 14.3. The lowest BCUT2D eigenvalue weighted by Gasteiger charge is -2.23. The van der Waals surface area contributed by atoms with E-state index in [9.17, 15) is 0 Å². The molecule has 1 aliphatic carbocycles. The van der Waals surface area contributed by atoms with Crippen LogP contribution >= 0.6 is 11.8 Å². The Labute approximate surface area is 273 Å². The molecule has 0 aromatic heterocycles. The molecule has 0 spiro atoms. The summed E-state index contributed by atoms with van der Waals surface area (Å²) in [5, 5.41) is 7.86. The third kappa shape index (κ3) is 3.52. The van der Waals surface area contributed by atoms with Gasteiger partial charge in [0.25, 0.3) is 0 Å². The molecule has 0 nitrogen and oxygen atoms in total.